The second-order valence-corrected chi connectivity index (χ2v) is 6.96. The Kier molecular flexibility index (Phi) is 7.03. The Hall–Kier alpha value is -1.07. The molecule has 2 heterocycles. The number of hydrogen-bond donors (Lipinski definition) is 2. The van der Waals surface area contributed by atoms with E-state index in [-0.39, 0.29) is 6.03 Å². The molecule has 4 nitrogen and oxygen atoms in total. The lowest BCUT2D eigenvalue weighted by atomic mass is 10.1. The van der Waals surface area contributed by atoms with E-state index in [0.717, 1.165) is 19.5 Å². The molecule has 1 aliphatic rings. The molecule has 5 heteroatoms. The molecule has 2 rings (SSSR count). The molecule has 0 bridgehead atoms. The maximum absolute atomic E-state index is 11.7. The van der Waals surface area contributed by atoms with Gasteiger partial charge in [-0.3, -0.25) is 0 Å². The van der Waals surface area contributed by atoms with E-state index in [2.05, 4.69) is 33.9 Å². The van der Waals surface area contributed by atoms with E-state index in [4.69, 9.17) is 0 Å². The number of carbonyl (C=O) groups is 1. The zero-order chi connectivity index (χ0) is 14.9. The second kappa shape index (κ2) is 9.05. The molecule has 2 amide bonds. The summed E-state index contributed by atoms with van der Waals surface area (Å²) in [5.41, 5.74) is 0. The summed E-state index contributed by atoms with van der Waals surface area (Å²) in [5.74, 6) is 0.506. The summed E-state index contributed by atoms with van der Waals surface area (Å²) in [6.45, 7) is 7.19. The van der Waals surface area contributed by atoms with E-state index in [9.17, 15) is 4.79 Å². The van der Waals surface area contributed by atoms with Gasteiger partial charge in [0, 0.05) is 24.5 Å². The van der Waals surface area contributed by atoms with Gasteiger partial charge in [0.2, 0.25) is 0 Å². The van der Waals surface area contributed by atoms with Crippen LogP contribution in [0.3, 0.4) is 0 Å². The van der Waals surface area contributed by atoms with Crippen molar-refractivity contribution < 1.29 is 4.79 Å². The first-order valence-corrected chi connectivity index (χ1v) is 8.88. The summed E-state index contributed by atoms with van der Waals surface area (Å²) in [5, 5.41) is 7.97. The van der Waals surface area contributed by atoms with E-state index in [0.29, 0.717) is 12.5 Å². The normalized spacial score (nSPS) is 17.4. The Morgan fingerprint density at radius 2 is 2.14 bits per heavy atom. The number of nitrogens with zero attached hydrogens (tertiary/aromatic N) is 1. The van der Waals surface area contributed by atoms with Crippen LogP contribution in [0.5, 0.6) is 0 Å². The van der Waals surface area contributed by atoms with Gasteiger partial charge in [0.15, 0.2) is 0 Å². The molecular formula is C16H27N3OS. The van der Waals surface area contributed by atoms with Gasteiger partial charge in [0.25, 0.3) is 0 Å². The molecule has 118 valence electrons. The Morgan fingerprint density at radius 3 is 2.86 bits per heavy atom. The third-order valence-corrected chi connectivity index (χ3v) is 4.80. The van der Waals surface area contributed by atoms with Crippen LogP contribution in [0.15, 0.2) is 17.5 Å². The van der Waals surface area contributed by atoms with Gasteiger partial charge in [0.1, 0.15) is 0 Å². The molecule has 21 heavy (non-hydrogen) atoms. The Bertz CT molecular complexity index is 402. The van der Waals surface area contributed by atoms with Crippen molar-refractivity contribution in [3.05, 3.63) is 22.4 Å². The monoisotopic (exact) mass is 309 g/mol. The maximum Gasteiger partial charge on any atom is 0.314 e. The molecule has 1 aromatic heterocycles. The predicted molar refractivity (Wildman–Crippen MR) is 88.9 cm³/mol. The maximum atomic E-state index is 11.7. The van der Waals surface area contributed by atoms with Crippen LogP contribution >= 0.6 is 11.3 Å². The lowest BCUT2D eigenvalue weighted by molar-refractivity contribution is 0.197. The van der Waals surface area contributed by atoms with Crippen LogP contribution in [0.4, 0.5) is 4.79 Å². The van der Waals surface area contributed by atoms with Gasteiger partial charge >= 0.3 is 6.03 Å². The predicted octanol–water partition coefficient (Wildman–Crippen LogP) is 2.71. The van der Waals surface area contributed by atoms with E-state index in [1.165, 1.54) is 37.2 Å². The van der Waals surface area contributed by atoms with Gasteiger partial charge in [-0.15, -0.1) is 11.3 Å². The van der Waals surface area contributed by atoms with Gasteiger partial charge < -0.3 is 15.5 Å². The number of thiophene rings is 1. The molecule has 0 saturated carbocycles. The van der Waals surface area contributed by atoms with Crippen LogP contribution in [0, 0.1) is 5.92 Å². The summed E-state index contributed by atoms with van der Waals surface area (Å²) in [6.07, 6.45) is 4.93. The van der Waals surface area contributed by atoms with Gasteiger partial charge in [-0.1, -0.05) is 19.4 Å². The Labute approximate surface area is 131 Å². The number of likely N-dealkylation sites (tertiary alicyclic amines) is 1. The molecule has 0 spiro atoms. The van der Waals surface area contributed by atoms with Crippen molar-refractivity contribution in [2.45, 2.75) is 32.6 Å². The molecule has 0 radical (unpaired) electrons. The van der Waals surface area contributed by atoms with Gasteiger partial charge in [-0.05, 0) is 49.7 Å². The Balaban J connectivity index is 1.53. The number of amides is 2. The number of carbonyl (C=O) groups excluding carboxylic acids is 1. The van der Waals surface area contributed by atoms with E-state index in [1.807, 2.05) is 6.07 Å². The molecule has 1 fully saturated rings. The third-order valence-electron chi connectivity index (χ3n) is 3.87. The first-order chi connectivity index (χ1) is 10.2. The minimum absolute atomic E-state index is 0.0444. The average molecular weight is 309 g/mol. The molecule has 1 aromatic rings. The summed E-state index contributed by atoms with van der Waals surface area (Å²) in [4.78, 5) is 15.6. The fourth-order valence-corrected chi connectivity index (χ4v) is 3.44. The highest BCUT2D eigenvalue weighted by atomic mass is 32.1. The molecule has 1 unspecified atom stereocenters. The van der Waals surface area contributed by atoms with Crippen molar-refractivity contribution in [2.75, 3.05) is 32.7 Å². The van der Waals surface area contributed by atoms with Crippen LogP contribution in [-0.4, -0.2) is 43.7 Å². The SMILES string of the molecule is CC(CNC(=O)NCCc1cccs1)CN1CCCCC1. The van der Waals surface area contributed by atoms with Crippen molar-refractivity contribution in [2.24, 2.45) is 5.92 Å². The molecule has 1 aliphatic heterocycles. The summed E-state index contributed by atoms with van der Waals surface area (Å²) in [6, 6.07) is 4.10. The standard InChI is InChI=1S/C16H27N3OS/c1-14(13-19-9-3-2-4-10-19)12-18-16(20)17-8-7-15-6-5-11-21-15/h5-6,11,14H,2-4,7-10,12-13H2,1H3,(H2,17,18,20). The summed E-state index contributed by atoms with van der Waals surface area (Å²) < 4.78 is 0. The lowest BCUT2D eigenvalue weighted by Crippen LogP contribution is -2.41. The molecule has 1 atom stereocenters. The molecule has 2 N–H and O–H groups in total. The minimum Gasteiger partial charge on any atom is -0.338 e. The van der Waals surface area contributed by atoms with Gasteiger partial charge in [-0.25, -0.2) is 4.79 Å². The lowest BCUT2D eigenvalue weighted by Gasteiger charge is -2.29. The first kappa shape index (κ1) is 16.3. The quantitative estimate of drug-likeness (QED) is 0.813. The van der Waals surface area contributed by atoms with Crippen molar-refractivity contribution in [3.63, 3.8) is 0 Å². The number of piperidine rings is 1. The summed E-state index contributed by atoms with van der Waals surface area (Å²) >= 11 is 1.74. The van der Waals surface area contributed by atoms with Crippen LogP contribution in [0.2, 0.25) is 0 Å². The highest BCUT2D eigenvalue weighted by Gasteiger charge is 2.13. The third kappa shape index (κ3) is 6.48. The van der Waals surface area contributed by atoms with Gasteiger partial charge in [0.05, 0.1) is 0 Å². The average Bonchev–Trinajstić information content (AvgIpc) is 2.99. The van der Waals surface area contributed by atoms with Crippen LogP contribution < -0.4 is 10.6 Å². The largest absolute Gasteiger partial charge is 0.338 e. The van der Waals surface area contributed by atoms with Crippen molar-refractivity contribution in [1.29, 1.82) is 0 Å². The summed E-state index contributed by atoms with van der Waals surface area (Å²) in [7, 11) is 0. The van der Waals surface area contributed by atoms with Crippen LogP contribution in [0.1, 0.15) is 31.1 Å². The van der Waals surface area contributed by atoms with E-state index in [1.54, 1.807) is 11.3 Å². The molecule has 0 aromatic carbocycles. The zero-order valence-electron chi connectivity index (χ0n) is 12.9. The Morgan fingerprint density at radius 1 is 1.33 bits per heavy atom. The van der Waals surface area contributed by atoms with Gasteiger partial charge in [-0.2, -0.15) is 0 Å². The fourth-order valence-electron chi connectivity index (χ4n) is 2.73. The van der Waals surface area contributed by atoms with Crippen molar-refractivity contribution in [3.8, 4) is 0 Å². The van der Waals surface area contributed by atoms with E-state index < -0.39 is 0 Å². The van der Waals surface area contributed by atoms with Crippen LogP contribution in [0.25, 0.3) is 0 Å². The number of hydrogen-bond acceptors (Lipinski definition) is 3. The molecule has 0 aliphatic carbocycles. The van der Waals surface area contributed by atoms with Crippen LogP contribution in [-0.2, 0) is 6.42 Å². The smallest absolute Gasteiger partial charge is 0.314 e. The van der Waals surface area contributed by atoms with Crippen molar-refractivity contribution >= 4 is 17.4 Å². The zero-order valence-corrected chi connectivity index (χ0v) is 13.8. The fraction of sp³-hybridized carbons (Fsp3) is 0.688. The number of urea groups is 1. The topological polar surface area (TPSA) is 44.4 Å². The second-order valence-electron chi connectivity index (χ2n) is 5.93. The molecule has 1 saturated heterocycles. The highest BCUT2D eigenvalue weighted by molar-refractivity contribution is 7.09. The first-order valence-electron chi connectivity index (χ1n) is 8.00. The van der Waals surface area contributed by atoms with Crippen molar-refractivity contribution in [1.82, 2.24) is 15.5 Å². The highest BCUT2D eigenvalue weighted by Crippen LogP contribution is 2.10. The minimum atomic E-state index is -0.0444. The number of nitrogens with one attached hydrogen (secondary N) is 2. The number of rotatable bonds is 7. The molecular weight excluding hydrogens is 282 g/mol. The van der Waals surface area contributed by atoms with E-state index >= 15 is 0 Å².